The number of nitrogens with one attached hydrogen (secondary N) is 2. The largest absolute Gasteiger partial charge is 0.497 e. The third-order valence-corrected chi connectivity index (χ3v) is 3.43. The van der Waals surface area contributed by atoms with Gasteiger partial charge in [0.05, 0.1) is 37.6 Å². The zero-order chi connectivity index (χ0) is 17.6. The molecule has 0 unspecified atom stereocenters. The number of aromatic nitrogens is 1. The van der Waals surface area contributed by atoms with E-state index in [4.69, 9.17) is 4.74 Å². The lowest BCUT2D eigenvalue weighted by Gasteiger charge is -2.24. The summed E-state index contributed by atoms with van der Waals surface area (Å²) in [6, 6.07) is 10.9. The van der Waals surface area contributed by atoms with Crippen LogP contribution in [0.2, 0.25) is 0 Å². The smallest absolute Gasteiger partial charge is 0.228 e. The highest BCUT2D eigenvalue weighted by Gasteiger charge is 2.16. The Morgan fingerprint density at radius 2 is 1.92 bits per heavy atom. The molecule has 1 heterocycles. The van der Waals surface area contributed by atoms with Crippen LogP contribution in [-0.4, -0.2) is 35.3 Å². The Morgan fingerprint density at radius 1 is 1.21 bits per heavy atom. The van der Waals surface area contributed by atoms with E-state index in [-0.39, 0.29) is 18.9 Å². The second-order valence-electron chi connectivity index (χ2n) is 6.17. The third kappa shape index (κ3) is 5.24. The van der Waals surface area contributed by atoms with E-state index in [2.05, 4.69) is 15.6 Å². The molecule has 0 bridgehead atoms. The van der Waals surface area contributed by atoms with Gasteiger partial charge in [0.15, 0.2) is 0 Å². The van der Waals surface area contributed by atoms with Crippen molar-refractivity contribution in [3.05, 3.63) is 48.2 Å². The number of carbonyl (C=O) groups excluding carboxylic acids is 1. The molecule has 1 aromatic carbocycles. The average Bonchev–Trinajstić information content (AvgIpc) is 2.57. The highest BCUT2D eigenvalue weighted by Crippen LogP contribution is 2.16. The molecule has 0 saturated heterocycles. The van der Waals surface area contributed by atoms with E-state index in [1.54, 1.807) is 25.4 Å². The van der Waals surface area contributed by atoms with Crippen molar-refractivity contribution in [2.45, 2.75) is 25.8 Å². The molecule has 1 amide bonds. The molecule has 3 N–H and O–H groups in total. The van der Waals surface area contributed by atoms with Crippen LogP contribution in [0.3, 0.4) is 0 Å². The SMILES string of the molecule is COc1ccc(CC(=O)Nc2ccc(NC(C)(C)CO)nc2)cc1. The summed E-state index contributed by atoms with van der Waals surface area (Å²) in [7, 11) is 1.61. The normalized spacial score (nSPS) is 11.0. The molecule has 2 aromatic rings. The number of rotatable bonds is 7. The first-order valence-corrected chi connectivity index (χ1v) is 7.70. The van der Waals surface area contributed by atoms with Crippen LogP contribution in [0, 0.1) is 0 Å². The second-order valence-corrected chi connectivity index (χ2v) is 6.17. The number of pyridine rings is 1. The Hall–Kier alpha value is -2.60. The van der Waals surface area contributed by atoms with Gasteiger partial charge in [0.1, 0.15) is 11.6 Å². The molecule has 0 aliphatic heterocycles. The molecule has 0 aliphatic carbocycles. The summed E-state index contributed by atoms with van der Waals surface area (Å²) < 4.78 is 5.09. The summed E-state index contributed by atoms with van der Waals surface area (Å²) in [5.41, 5.74) is 1.08. The summed E-state index contributed by atoms with van der Waals surface area (Å²) in [6.07, 6.45) is 1.86. The number of carbonyl (C=O) groups is 1. The van der Waals surface area contributed by atoms with E-state index >= 15 is 0 Å². The van der Waals surface area contributed by atoms with Crippen molar-refractivity contribution in [1.29, 1.82) is 0 Å². The maximum atomic E-state index is 12.1. The Balaban J connectivity index is 1.91. The van der Waals surface area contributed by atoms with Crippen LogP contribution in [0.15, 0.2) is 42.6 Å². The van der Waals surface area contributed by atoms with Crippen molar-refractivity contribution in [1.82, 2.24) is 4.98 Å². The number of amides is 1. The first-order valence-electron chi connectivity index (χ1n) is 7.70. The first kappa shape index (κ1) is 17.7. The molecule has 0 radical (unpaired) electrons. The Kier molecular flexibility index (Phi) is 5.76. The summed E-state index contributed by atoms with van der Waals surface area (Å²) in [6.45, 7) is 3.74. The van der Waals surface area contributed by atoms with Gasteiger partial charge in [0.25, 0.3) is 0 Å². The van der Waals surface area contributed by atoms with Gasteiger partial charge in [0.2, 0.25) is 5.91 Å². The van der Waals surface area contributed by atoms with Gasteiger partial charge < -0.3 is 20.5 Å². The van der Waals surface area contributed by atoms with E-state index < -0.39 is 5.54 Å². The maximum absolute atomic E-state index is 12.1. The fraction of sp³-hybridized carbons (Fsp3) is 0.333. The Bertz CT molecular complexity index is 667. The van der Waals surface area contributed by atoms with Crippen LogP contribution in [0.5, 0.6) is 5.75 Å². The van der Waals surface area contributed by atoms with Crippen molar-refractivity contribution < 1.29 is 14.6 Å². The minimum Gasteiger partial charge on any atom is -0.497 e. The molecule has 6 heteroatoms. The molecule has 6 nitrogen and oxygen atoms in total. The Labute approximate surface area is 141 Å². The number of anilines is 2. The number of nitrogens with zero attached hydrogens (tertiary/aromatic N) is 1. The van der Waals surface area contributed by atoms with Crippen LogP contribution < -0.4 is 15.4 Å². The fourth-order valence-corrected chi connectivity index (χ4v) is 2.06. The second kappa shape index (κ2) is 7.79. The zero-order valence-corrected chi connectivity index (χ0v) is 14.2. The molecule has 0 fully saturated rings. The van der Waals surface area contributed by atoms with Gasteiger partial charge in [-0.1, -0.05) is 12.1 Å². The van der Waals surface area contributed by atoms with Crippen LogP contribution >= 0.6 is 0 Å². The van der Waals surface area contributed by atoms with Crippen LogP contribution in [0.4, 0.5) is 11.5 Å². The molecule has 0 atom stereocenters. The quantitative estimate of drug-likeness (QED) is 0.727. The van der Waals surface area contributed by atoms with Crippen molar-refractivity contribution in [2.75, 3.05) is 24.4 Å². The van der Waals surface area contributed by atoms with Gasteiger partial charge >= 0.3 is 0 Å². The van der Waals surface area contributed by atoms with Crippen LogP contribution in [-0.2, 0) is 11.2 Å². The number of aliphatic hydroxyl groups is 1. The molecule has 1 aromatic heterocycles. The van der Waals surface area contributed by atoms with E-state index in [0.717, 1.165) is 11.3 Å². The van der Waals surface area contributed by atoms with Crippen molar-refractivity contribution >= 4 is 17.4 Å². The number of aliphatic hydroxyl groups excluding tert-OH is 1. The molecular weight excluding hydrogens is 306 g/mol. The molecule has 24 heavy (non-hydrogen) atoms. The van der Waals surface area contributed by atoms with E-state index in [1.807, 2.05) is 38.1 Å². The zero-order valence-electron chi connectivity index (χ0n) is 14.2. The van der Waals surface area contributed by atoms with Crippen molar-refractivity contribution in [3.63, 3.8) is 0 Å². The molecule has 0 aliphatic rings. The van der Waals surface area contributed by atoms with Crippen LogP contribution in [0.25, 0.3) is 0 Å². The standard InChI is InChI=1S/C18H23N3O3/c1-18(2,12-22)21-16-9-6-14(11-19-16)20-17(23)10-13-4-7-15(24-3)8-5-13/h4-9,11,22H,10,12H2,1-3H3,(H,19,21)(H,20,23). The predicted molar refractivity (Wildman–Crippen MR) is 94.4 cm³/mol. The molecular formula is C18H23N3O3. The number of hydrogen-bond donors (Lipinski definition) is 3. The highest BCUT2D eigenvalue weighted by molar-refractivity contribution is 5.92. The van der Waals surface area contributed by atoms with Gasteiger partial charge in [-0.3, -0.25) is 4.79 Å². The third-order valence-electron chi connectivity index (χ3n) is 3.43. The minimum absolute atomic E-state index is 0.00493. The molecule has 2 rings (SSSR count). The number of ether oxygens (including phenoxy) is 1. The van der Waals surface area contributed by atoms with E-state index in [9.17, 15) is 9.90 Å². The van der Waals surface area contributed by atoms with Crippen molar-refractivity contribution in [2.24, 2.45) is 0 Å². The van der Waals surface area contributed by atoms with Gasteiger partial charge in [-0.25, -0.2) is 4.98 Å². The van der Waals surface area contributed by atoms with E-state index in [1.165, 1.54) is 0 Å². The lowest BCUT2D eigenvalue weighted by atomic mass is 10.1. The number of methoxy groups -OCH3 is 1. The Morgan fingerprint density at radius 3 is 2.46 bits per heavy atom. The monoisotopic (exact) mass is 329 g/mol. The number of benzene rings is 1. The van der Waals surface area contributed by atoms with Gasteiger partial charge in [0, 0.05) is 0 Å². The van der Waals surface area contributed by atoms with Gasteiger partial charge in [-0.05, 0) is 43.7 Å². The summed E-state index contributed by atoms with van der Waals surface area (Å²) >= 11 is 0. The number of hydrogen-bond acceptors (Lipinski definition) is 5. The van der Waals surface area contributed by atoms with Gasteiger partial charge in [-0.2, -0.15) is 0 Å². The maximum Gasteiger partial charge on any atom is 0.228 e. The molecule has 0 spiro atoms. The fourth-order valence-electron chi connectivity index (χ4n) is 2.06. The van der Waals surface area contributed by atoms with Crippen molar-refractivity contribution in [3.8, 4) is 5.75 Å². The lowest BCUT2D eigenvalue weighted by Crippen LogP contribution is -2.35. The summed E-state index contributed by atoms with van der Waals surface area (Å²) in [5, 5.41) is 15.2. The topological polar surface area (TPSA) is 83.5 Å². The summed E-state index contributed by atoms with van der Waals surface area (Å²) in [5.74, 6) is 1.29. The van der Waals surface area contributed by atoms with E-state index in [0.29, 0.717) is 11.5 Å². The molecule has 128 valence electrons. The minimum atomic E-state index is -0.452. The van der Waals surface area contributed by atoms with Gasteiger partial charge in [-0.15, -0.1) is 0 Å². The first-order chi connectivity index (χ1) is 11.4. The summed E-state index contributed by atoms with van der Waals surface area (Å²) in [4.78, 5) is 16.3. The van der Waals surface area contributed by atoms with Crippen LogP contribution in [0.1, 0.15) is 19.4 Å². The highest BCUT2D eigenvalue weighted by atomic mass is 16.5. The lowest BCUT2D eigenvalue weighted by molar-refractivity contribution is -0.115. The predicted octanol–water partition coefficient (Wildman–Crippen LogP) is 2.45. The molecule has 0 saturated carbocycles. The average molecular weight is 329 g/mol.